The van der Waals surface area contributed by atoms with E-state index in [-0.39, 0.29) is 0 Å². The Morgan fingerprint density at radius 1 is 1.20 bits per heavy atom. The minimum absolute atomic E-state index is 0.328. The van der Waals surface area contributed by atoms with E-state index in [9.17, 15) is 0 Å². The molecule has 1 aromatic rings. The van der Waals surface area contributed by atoms with E-state index in [1.807, 2.05) is 35.2 Å². The Morgan fingerprint density at radius 2 is 1.90 bits per heavy atom. The van der Waals surface area contributed by atoms with Crippen molar-refractivity contribution in [3.63, 3.8) is 0 Å². The topological polar surface area (TPSA) is 33.3 Å². The van der Waals surface area contributed by atoms with E-state index >= 15 is 0 Å². The van der Waals surface area contributed by atoms with Crippen LogP contribution in [0.5, 0.6) is 0 Å². The second-order valence-corrected chi connectivity index (χ2v) is 1.95. The second kappa shape index (κ2) is 3.98. The monoisotopic (exact) mass is 140 g/mol. The fraction of sp³-hybridized carbons (Fsp3) is 0.286. The van der Waals surface area contributed by atoms with Gasteiger partial charge in [0.05, 0.1) is 0 Å². The van der Waals surface area contributed by atoms with E-state index in [1.54, 1.807) is 0 Å². The van der Waals surface area contributed by atoms with Crippen LogP contribution in [0.3, 0.4) is 0 Å². The third-order valence-electron chi connectivity index (χ3n) is 1.22. The molecule has 0 amide bonds. The predicted molar refractivity (Wildman–Crippen MR) is 35.2 cm³/mol. The van der Waals surface area contributed by atoms with Gasteiger partial charge in [-0.05, 0) is 0 Å². The molecule has 1 heterocycles. The summed E-state index contributed by atoms with van der Waals surface area (Å²) in [6, 6.07) is 5.80. The molecule has 0 bridgehead atoms. The zero-order valence-corrected chi connectivity index (χ0v) is 5.60. The Kier molecular flexibility index (Phi) is 2.86. The van der Waals surface area contributed by atoms with E-state index in [2.05, 4.69) is 4.89 Å². The third-order valence-corrected chi connectivity index (χ3v) is 1.22. The summed E-state index contributed by atoms with van der Waals surface area (Å²) in [5.41, 5.74) is 0. The largest absolute Gasteiger partial charge is 0.252 e. The van der Waals surface area contributed by atoms with Crippen molar-refractivity contribution >= 4 is 0 Å². The van der Waals surface area contributed by atoms with Crippen LogP contribution < -0.4 is 4.57 Å². The van der Waals surface area contributed by atoms with Crippen LogP contribution in [0.2, 0.25) is 0 Å². The average molecular weight is 140 g/mol. The molecule has 3 nitrogen and oxygen atoms in total. The van der Waals surface area contributed by atoms with Crippen molar-refractivity contribution in [2.75, 3.05) is 6.61 Å². The number of nitrogens with zero attached hydrogens (tertiary/aromatic N) is 1. The van der Waals surface area contributed by atoms with Crippen molar-refractivity contribution in [2.24, 2.45) is 0 Å². The van der Waals surface area contributed by atoms with Gasteiger partial charge in [-0.1, -0.05) is 6.07 Å². The summed E-state index contributed by atoms with van der Waals surface area (Å²) in [5, 5.41) is 8.01. The summed E-state index contributed by atoms with van der Waals surface area (Å²) >= 11 is 0. The number of pyridine rings is 1. The van der Waals surface area contributed by atoms with Gasteiger partial charge in [-0.2, -0.15) is 0 Å². The molecule has 0 saturated heterocycles. The number of aromatic nitrogens is 1. The van der Waals surface area contributed by atoms with E-state index in [1.165, 1.54) is 0 Å². The Hall–Kier alpha value is -0.930. The molecule has 3 heteroatoms. The van der Waals surface area contributed by atoms with Gasteiger partial charge in [0.25, 0.3) is 0 Å². The summed E-state index contributed by atoms with van der Waals surface area (Å²) in [6.07, 6.45) is 3.83. The van der Waals surface area contributed by atoms with Gasteiger partial charge in [0.1, 0.15) is 6.61 Å². The van der Waals surface area contributed by atoms with Gasteiger partial charge in [0.15, 0.2) is 18.9 Å². The molecule has 54 valence electrons. The molecule has 1 rings (SSSR count). The van der Waals surface area contributed by atoms with E-state index in [0.29, 0.717) is 13.2 Å². The summed E-state index contributed by atoms with van der Waals surface area (Å²) in [5.74, 6) is 0. The summed E-state index contributed by atoms with van der Waals surface area (Å²) in [7, 11) is 0. The van der Waals surface area contributed by atoms with Crippen molar-refractivity contribution in [3.8, 4) is 0 Å². The minimum atomic E-state index is 0.328. The molecule has 0 unspecified atom stereocenters. The highest BCUT2D eigenvalue weighted by Gasteiger charge is 1.94. The van der Waals surface area contributed by atoms with Crippen LogP contribution in [0.1, 0.15) is 0 Å². The first kappa shape index (κ1) is 7.18. The minimum Gasteiger partial charge on any atom is -0.252 e. The van der Waals surface area contributed by atoms with Crippen molar-refractivity contribution < 1.29 is 14.7 Å². The van der Waals surface area contributed by atoms with Crippen LogP contribution in [0.25, 0.3) is 0 Å². The van der Waals surface area contributed by atoms with Gasteiger partial charge < -0.3 is 0 Å². The molecule has 0 aromatic carbocycles. The first-order valence-corrected chi connectivity index (χ1v) is 3.14. The van der Waals surface area contributed by atoms with Gasteiger partial charge in [-0.25, -0.2) is 9.45 Å². The number of hydrogen-bond donors (Lipinski definition) is 1. The lowest BCUT2D eigenvalue weighted by Gasteiger charge is -1.91. The standard InChI is InChI=1S/C7H9NO2/c9-10-7-6-8-4-2-1-3-5-8/h1-5H,6-7H2/p+1. The van der Waals surface area contributed by atoms with E-state index < -0.39 is 0 Å². The van der Waals surface area contributed by atoms with Crippen LogP contribution in [0, 0.1) is 0 Å². The van der Waals surface area contributed by atoms with E-state index in [0.717, 1.165) is 0 Å². The molecular weight excluding hydrogens is 130 g/mol. The summed E-state index contributed by atoms with van der Waals surface area (Å²) in [4.78, 5) is 3.92. The van der Waals surface area contributed by atoms with Crippen LogP contribution in [0.4, 0.5) is 0 Å². The molecule has 0 fully saturated rings. The normalized spacial score (nSPS) is 9.70. The smallest absolute Gasteiger partial charge is 0.174 e. The molecule has 0 atom stereocenters. The Labute approximate surface area is 59.4 Å². The van der Waals surface area contributed by atoms with Gasteiger partial charge in [0, 0.05) is 12.1 Å². The zero-order valence-electron chi connectivity index (χ0n) is 5.60. The van der Waals surface area contributed by atoms with Gasteiger partial charge >= 0.3 is 0 Å². The van der Waals surface area contributed by atoms with Crippen LogP contribution in [-0.4, -0.2) is 11.9 Å². The fourth-order valence-corrected chi connectivity index (χ4v) is 0.730. The van der Waals surface area contributed by atoms with Gasteiger partial charge in [-0.3, -0.25) is 5.26 Å². The molecule has 0 aliphatic carbocycles. The molecule has 0 radical (unpaired) electrons. The lowest BCUT2D eigenvalue weighted by Crippen LogP contribution is -2.34. The molecule has 0 saturated carbocycles. The third kappa shape index (κ3) is 2.13. The average Bonchev–Trinajstić information content (AvgIpc) is 2.03. The van der Waals surface area contributed by atoms with Gasteiger partial charge in [-0.15, -0.1) is 0 Å². The SMILES string of the molecule is OOCC[n+]1ccccc1. The van der Waals surface area contributed by atoms with Gasteiger partial charge in [0.2, 0.25) is 0 Å². The highest BCUT2D eigenvalue weighted by Crippen LogP contribution is 1.76. The van der Waals surface area contributed by atoms with Crippen molar-refractivity contribution in [3.05, 3.63) is 30.6 Å². The Bertz CT molecular complexity index is 176. The van der Waals surface area contributed by atoms with Crippen molar-refractivity contribution in [1.82, 2.24) is 0 Å². The zero-order chi connectivity index (χ0) is 7.23. The molecule has 1 aromatic heterocycles. The molecule has 0 aliphatic heterocycles. The summed E-state index contributed by atoms with van der Waals surface area (Å²) < 4.78 is 1.93. The lowest BCUT2D eigenvalue weighted by atomic mass is 10.5. The summed E-state index contributed by atoms with van der Waals surface area (Å²) in [6.45, 7) is 1.01. The fourth-order valence-electron chi connectivity index (χ4n) is 0.730. The highest BCUT2D eigenvalue weighted by atomic mass is 17.1. The number of rotatable bonds is 3. The predicted octanol–water partition coefficient (Wildman–Crippen LogP) is 0.464. The van der Waals surface area contributed by atoms with Crippen molar-refractivity contribution in [1.29, 1.82) is 0 Å². The van der Waals surface area contributed by atoms with Crippen molar-refractivity contribution in [2.45, 2.75) is 6.54 Å². The highest BCUT2D eigenvalue weighted by molar-refractivity contribution is 4.83. The first-order chi connectivity index (χ1) is 4.93. The Balaban J connectivity index is 2.43. The second-order valence-electron chi connectivity index (χ2n) is 1.95. The first-order valence-electron chi connectivity index (χ1n) is 3.14. The van der Waals surface area contributed by atoms with E-state index in [4.69, 9.17) is 5.26 Å². The van der Waals surface area contributed by atoms with Crippen LogP contribution in [0.15, 0.2) is 30.6 Å². The maximum atomic E-state index is 8.01. The van der Waals surface area contributed by atoms with Crippen LogP contribution >= 0.6 is 0 Å². The Morgan fingerprint density at radius 3 is 2.50 bits per heavy atom. The molecule has 0 spiro atoms. The van der Waals surface area contributed by atoms with Crippen LogP contribution in [-0.2, 0) is 11.4 Å². The molecule has 0 aliphatic rings. The molecular formula is C7H10NO2+. The lowest BCUT2D eigenvalue weighted by molar-refractivity contribution is -0.701. The maximum absolute atomic E-state index is 8.01. The maximum Gasteiger partial charge on any atom is 0.174 e. The molecule has 1 N–H and O–H groups in total. The molecule has 10 heavy (non-hydrogen) atoms. The quantitative estimate of drug-likeness (QED) is 0.376. The number of hydrogen-bond acceptors (Lipinski definition) is 2.